The van der Waals surface area contributed by atoms with Gasteiger partial charge in [-0.1, -0.05) is 32.6 Å². The summed E-state index contributed by atoms with van der Waals surface area (Å²) in [5.41, 5.74) is 0.724. The molecule has 18 heavy (non-hydrogen) atoms. The first kappa shape index (κ1) is 14.6. The normalized spacial score (nSPS) is 10.5. The second-order valence-electron chi connectivity index (χ2n) is 4.27. The van der Waals surface area contributed by atoms with Crippen LogP contribution in [0.15, 0.2) is 18.3 Å². The van der Waals surface area contributed by atoms with Crippen molar-refractivity contribution in [1.82, 2.24) is 4.98 Å². The molecule has 0 aliphatic rings. The molecule has 0 amide bonds. The lowest BCUT2D eigenvalue weighted by molar-refractivity contribution is 0.0684. The van der Waals surface area contributed by atoms with Gasteiger partial charge in [-0.05, 0) is 18.6 Å². The van der Waals surface area contributed by atoms with Gasteiger partial charge in [-0.2, -0.15) is 0 Å². The number of carbonyl (C=O) groups is 1. The zero-order chi connectivity index (χ0) is 13.2. The maximum absolute atomic E-state index is 10.9. The summed E-state index contributed by atoms with van der Waals surface area (Å²) < 4.78 is 5.46. The molecule has 0 saturated heterocycles. The van der Waals surface area contributed by atoms with Gasteiger partial charge in [-0.25, -0.2) is 4.79 Å². The van der Waals surface area contributed by atoms with Crippen LogP contribution >= 0.6 is 0 Å². The number of hydrogen-bond donors (Lipinski definition) is 1. The van der Waals surface area contributed by atoms with Crippen LogP contribution in [0.4, 0.5) is 0 Å². The van der Waals surface area contributed by atoms with Crippen LogP contribution < -0.4 is 0 Å². The molecule has 0 aliphatic heterocycles. The fourth-order valence-corrected chi connectivity index (χ4v) is 1.72. The van der Waals surface area contributed by atoms with Gasteiger partial charge in [0.15, 0.2) is 0 Å². The van der Waals surface area contributed by atoms with Crippen molar-refractivity contribution in [3.63, 3.8) is 0 Å². The summed E-state index contributed by atoms with van der Waals surface area (Å²) in [5.74, 6) is -0.954. The Labute approximate surface area is 108 Å². The third-order valence-electron chi connectivity index (χ3n) is 2.75. The van der Waals surface area contributed by atoms with Crippen molar-refractivity contribution >= 4 is 5.97 Å². The van der Waals surface area contributed by atoms with Crippen LogP contribution in [0.3, 0.4) is 0 Å². The molecule has 1 aromatic rings. The highest BCUT2D eigenvalue weighted by Crippen LogP contribution is 2.08. The second-order valence-corrected chi connectivity index (χ2v) is 4.27. The lowest BCUT2D eigenvalue weighted by Crippen LogP contribution is -2.06. The van der Waals surface area contributed by atoms with Crippen molar-refractivity contribution in [2.75, 3.05) is 6.61 Å². The van der Waals surface area contributed by atoms with Gasteiger partial charge in [-0.15, -0.1) is 0 Å². The van der Waals surface area contributed by atoms with Crippen molar-refractivity contribution in [3.05, 3.63) is 29.6 Å². The van der Waals surface area contributed by atoms with Crippen molar-refractivity contribution in [2.45, 2.75) is 45.6 Å². The van der Waals surface area contributed by atoms with Crippen molar-refractivity contribution in [2.24, 2.45) is 0 Å². The smallest absolute Gasteiger partial charge is 0.337 e. The average molecular weight is 251 g/mol. The van der Waals surface area contributed by atoms with Crippen LogP contribution in [0, 0.1) is 0 Å². The van der Waals surface area contributed by atoms with E-state index in [0.29, 0.717) is 12.3 Å². The van der Waals surface area contributed by atoms with Gasteiger partial charge in [-0.3, -0.25) is 4.98 Å². The Morgan fingerprint density at radius 2 is 2.11 bits per heavy atom. The summed E-state index contributed by atoms with van der Waals surface area (Å²) >= 11 is 0. The van der Waals surface area contributed by atoms with Gasteiger partial charge in [0.1, 0.15) is 0 Å². The maximum Gasteiger partial charge on any atom is 0.337 e. The van der Waals surface area contributed by atoms with Gasteiger partial charge in [0.05, 0.1) is 17.9 Å². The number of aromatic nitrogens is 1. The minimum atomic E-state index is -0.954. The predicted molar refractivity (Wildman–Crippen MR) is 69.6 cm³/mol. The summed E-state index contributed by atoms with van der Waals surface area (Å²) in [7, 11) is 0. The van der Waals surface area contributed by atoms with Gasteiger partial charge in [0.25, 0.3) is 0 Å². The summed E-state index contributed by atoms with van der Waals surface area (Å²) in [6.45, 7) is 3.13. The summed E-state index contributed by atoms with van der Waals surface area (Å²) in [6.07, 6.45) is 7.52. The Morgan fingerprint density at radius 3 is 2.83 bits per heavy atom. The first-order valence-electron chi connectivity index (χ1n) is 6.50. The zero-order valence-electron chi connectivity index (χ0n) is 10.9. The maximum atomic E-state index is 10.9. The third-order valence-corrected chi connectivity index (χ3v) is 2.75. The molecule has 0 spiro atoms. The number of unbranched alkanes of at least 4 members (excludes halogenated alkanes) is 4. The van der Waals surface area contributed by atoms with Crippen LogP contribution in [0.1, 0.15) is 55.1 Å². The molecular formula is C14H21NO3. The molecule has 0 bridgehead atoms. The topological polar surface area (TPSA) is 59.4 Å². The molecule has 4 nitrogen and oxygen atoms in total. The molecule has 0 fully saturated rings. The SMILES string of the molecule is CCCCCCCOCc1ncccc1C(=O)O. The number of carboxylic acid groups (broad SMARTS) is 1. The van der Waals surface area contributed by atoms with Crippen molar-refractivity contribution < 1.29 is 14.6 Å². The molecule has 4 heteroatoms. The van der Waals surface area contributed by atoms with Gasteiger partial charge >= 0.3 is 5.97 Å². The van der Waals surface area contributed by atoms with Crippen LogP contribution in [-0.2, 0) is 11.3 Å². The fourth-order valence-electron chi connectivity index (χ4n) is 1.72. The molecule has 0 aromatic carbocycles. The standard InChI is InChI=1S/C14H21NO3/c1-2-3-4-5-6-10-18-11-13-12(14(16)17)8-7-9-15-13/h7-9H,2-6,10-11H2,1H3,(H,16,17). The number of pyridine rings is 1. The molecule has 1 aromatic heterocycles. The van der Waals surface area contributed by atoms with Gasteiger partial charge < -0.3 is 9.84 Å². The zero-order valence-corrected chi connectivity index (χ0v) is 10.9. The molecule has 1 N–H and O–H groups in total. The van der Waals surface area contributed by atoms with E-state index in [2.05, 4.69) is 11.9 Å². The molecule has 0 atom stereocenters. The van der Waals surface area contributed by atoms with E-state index in [4.69, 9.17) is 9.84 Å². The Balaban J connectivity index is 2.25. The van der Waals surface area contributed by atoms with E-state index in [-0.39, 0.29) is 12.2 Å². The van der Waals surface area contributed by atoms with E-state index < -0.39 is 5.97 Å². The summed E-state index contributed by atoms with van der Waals surface area (Å²) in [4.78, 5) is 15.0. The Hall–Kier alpha value is -1.42. The highest BCUT2D eigenvalue weighted by Gasteiger charge is 2.09. The lowest BCUT2D eigenvalue weighted by atomic mass is 10.2. The molecular weight excluding hydrogens is 230 g/mol. The van der Waals surface area contributed by atoms with Crippen LogP contribution in [-0.4, -0.2) is 22.7 Å². The highest BCUT2D eigenvalue weighted by atomic mass is 16.5. The first-order valence-corrected chi connectivity index (χ1v) is 6.50. The van der Waals surface area contributed by atoms with Crippen molar-refractivity contribution in [1.29, 1.82) is 0 Å². The third kappa shape index (κ3) is 5.27. The van der Waals surface area contributed by atoms with E-state index in [0.717, 1.165) is 6.42 Å². The van der Waals surface area contributed by atoms with E-state index in [9.17, 15) is 4.79 Å². The molecule has 0 saturated carbocycles. The molecule has 0 radical (unpaired) electrons. The predicted octanol–water partition coefficient (Wildman–Crippen LogP) is 3.27. The largest absolute Gasteiger partial charge is 0.478 e. The van der Waals surface area contributed by atoms with E-state index >= 15 is 0 Å². The molecule has 1 rings (SSSR count). The lowest BCUT2D eigenvalue weighted by Gasteiger charge is -2.06. The number of carboxylic acids is 1. The highest BCUT2D eigenvalue weighted by molar-refractivity contribution is 5.88. The minimum absolute atomic E-state index is 0.225. The number of ether oxygens (including phenoxy) is 1. The monoisotopic (exact) mass is 251 g/mol. The molecule has 100 valence electrons. The number of hydrogen-bond acceptors (Lipinski definition) is 3. The summed E-state index contributed by atoms with van der Waals surface area (Å²) in [6, 6.07) is 3.17. The van der Waals surface area contributed by atoms with Crippen LogP contribution in [0.2, 0.25) is 0 Å². The Kier molecular flexibility index (Phi) is 7.03. The average Bonchev–Trinajstić information content (AvgIpc) is 2.38. The number of rotatable bonds is 9. The molecule has 0 aliphatic carbocycles. The first-order chi connectivity index (χ1) is 8.75. The second kappa shape index (κ2) is 8.64. The Bertz CT molecular complexity index is 366. The van der Waals surface area contributed by atoms with Gasteiger partial charge in [0, 0.05) is 12.8 Å². The van der Waals surface area contributed by atoms with E-state index in [1.165, 1.54) is 25.7 Å². The Morgan fingerprint density at radius 1 is 1.33 bits per heavy atom. The quantitative estimate of drug-likeness (QED) is 0.684. The van der Waals surface area contributed by atoms with E-state index in [1.54, 1.807) is 18.3 Å². The van der Waals surface area contributed by atoms with Gasteiger partial charge in [0.2, 0.25) is 0 Å². The fraction of sp³-hybridized carbons (Fsp3) is 0.571. The van der Waals surface area contributed by atoms with Crippen molar-refractivity contribution in [3.8, 4) is 0 Å². The van der Waals surface area contributed by atoms with Crippen LogP contribution in [0.25, 0.3) is 0 Å². The summed E-state index contributed by atoms with van der Waals surface area (Å²) in [5, 5.41) is 8.97. The molecule has 0 unspecified atom stereocenters. The number of nitrogens with zero attached hydrogens (tertiary/aromatic N) is 1. The van der Waals surface area contributed by atoms with Crippen LogP contribution in [0.5, 0.6) is 0 Å². The minimum Gasteiger partial charge on any atom is -0.478 e. The van der Waals surface area contributed by atoms with E-state index in [1.807, 2.05) is 0 Å². The number of aromatic carboxylic acids is 1. The molecule has 1 heterocycles.